The predicted octanol–water partition coefficient (Wildman–Crippen LogP) is 4.81. The van der Waals surface area contributed by atoms with Gasteiger partial charge in [0.05, 0.1) is 17.8 Å². The topological polar surface area (TPSA) is 96.2 Å². The van der Waals surface area contributed by atoms with Crippen molar-refractivity contribution in [1.29, 1.82) is 0 Å². The highest BCUT2D eigenvalue weighted by molar-refractivity contribution is 5.95. The van der Waals surface area contributed by atoms with Crippen LogP contribution in [0.15, 0.2) is 23.8 Å². The molecule has 1 saturated heterocycles. The van der Waals surface area contributed by atoms with E-state index in [9.17, 15) is 20.1 Å². The summed E-state index contributed by atoms with van der Waals surface area (Å²) in [7, 11) is 0. The summed E-state index contributed by atoms with van der Waals surface area (Å²) >= 11 is 0. The molecule has 0 aromatic rings. The Balaban J connectivity index is 1.47. The lowest BCUT2D eigenvalue weighted by Crippen LogP contribution is -2.63. The molecule has 4 aliphatic carbocycles. The standard InChI is InChI=1S/C32H50O6/c1-9-37-27-18(16-20(38-27)26(35)29(4,5)36)19-10-11-21-30(19,6)14-12-22-31(7)15-13-24(33)28(2,3)23(31)17-25(34)32(21,22)8/h11,13,15,18-20,22-23,25-27,34-36H,9-10,12,14,16-17H2,1-8H3/t18-,19-,20+,22?,23-,25+,26+,27+,30-,31+,32-/m0/s1. The maximum atomic E-state index is 12.9. The molecule has 0 aromatic heterocycles. The number of hydrogen-bond acceptors (Lipinski definition) is 6. The summed E-state index contributed by atoms with van der Waals surface area (Å²) in [4.78, 5) is 12.9. The van der Waals surface area contributed by atoms with Crippen LogP contribution in [0.5, 0.6) is 0 Å². The third-order valence-electron chi connectivity index (χ3n) is 12.1. The number of fused-ring (bicyclic) bond motifs is 5. The summed E-state index contributed by atoms with van der Waals surface area (Å²) in [6.07, 6.45) is 8.12. The van der Waals surface area contributed by atoms with Crippen molar-refractivity contribution in [1.82, 2.24) is 0 Å². The van der Waals surface area contributed by atoms with Crippen molar-refractivity contribution in [3.8, 4) is 0 Å². The summed E-state index contributed by atoms with van der Waals surface area (Å²) in [5, 5.41) is 33.2. The molecule has 11 atom stereocenters. The quantitative estimate of drug-likeness (QED) is 0.442. The van der Waals surface area contributed by atoms with Crippen LogP contribution in [-0.2, 0) is 14.3 Å². The number of rotatable bonds is 5. The Morgan fingerprint density at radius 2 is 1.84 bits per heavy atom. The Morgan fingerprint density at radius 1 is 1.16 bits per heavy atom. The van der Waals surface area contributed by atoms with Crippen molar-refractivity contribution in [3.05, 3.63) is 23.8 Å². The first kappa shape index (κ1) is 28.5. The largest absolute Gasteiger partial charge is 0.392 e. The minimum Gasteiger partial charge on any atom is -0.392 e. The molecule has 0 bridgehead atoms. The van der Waals surface area contributed by atoms with E-state index in [-0.39, 0.29) is 45.7 Å². The molecule has 0 spiro atoms. The fourth-order valence-corrected chi connectivity index (χ4v) is 10.00. The van der Waals surface area contributed by atoms with Gasteiger partial charge in [0.25, 0.3) is 0 Å². The number of aliphatic hydroxyl groups excluding tert-OH is 2. The second-order valence-corrected chi connectivity index (χ2v) is 14.8. The van der Waals surface area contributed by atoms with Crippen LogP contribution in [0.25, 0.3) is 0 Å². The average Bonchev–Trinajstić information content (AvgIpc) is 3.39. The first-order valence-corrected chi connectivity index (χ1v) is 14.8. The van der Waals surface area contributed by atoms with Gasteiger partial charge in [0.1, 0.15) is 6.10 Å². The first-order valence-electron chi connectivity index (χ1n) is 14.8. The van der Waals surface area contributed by atoms with Crippen molar-refractivity contribution in [2.24, 2.45) is 45.3 Å². The Kier molecular flexibility index (Phi) is 6.73. The first-order chi connectivity index (χ1) is 17.5. The summed E-state index contributed by atoms with van der Waals surface area (Å²) < 4.78 is 12.4. The third kappa shape index (κ3) is 3.80. The molecule has 5 rings (SSSR count). The van der Waals surface area contributed by atoms with Crippen LogP contribution in [0.3, 0.4) is 0 Å². The van der Waals surface area contributed by atoms with Crippen LogP contribution < -0.4 is 0 Å². The van der Waals surface area contributed by atoms with Crippen LogP contribution >= 0.6 is 0 Å². The van der Waals surface area contributed by atoms with Gasteiger partial charge >= 0.3 is 0 Å². The zero-order valence-electron chi connectivity index (χ0n) is 24.7. The molecule has 1 unspecified atom stereocenters. The Labute approximate surface area is 228 Å². The van der Waals surface area contributed by atoms with Gasteiger partial charge in [0.2, 0.25) is 0 Å². The molecule has 2 saturated carbocycles. The number of hydrogen-bond donors (Lipinski definition) is 3. The monoisotopic (exact) mass is 530 g/mol. The zero-order valence-corrected chi connectivity index (χ0v) is 24.7. The van der Waals surface area contributed by atoms with Crippen molar-refractivity contribution in [2.45, 2.75) is 118 Å². The highest BCUT2D eigenvalue weighted by Crippen LogP contribution is 2.72. The van der Waals surface area contributed by atoms with E-state index in [1.54, 1.807) is 13.8 Å². The van der Waals surface area contributed by atoms with Gasteiger partial charge in [-0.2, -0.15) is 0 Å². The van der Waals surface area contributed by atoms with Gasteiger partial charge in [-0.15, -0.1) is 0 Å². The minimum absolute atomic E-state index is 0.0889. The molecule has 3 fully saturated rings. The average molecular weight is 531 g/mol. The highest BCUT2D eigenvalue weighted by Gasteiger charge is 2.68. The number of carbonyl (C=O) groups excluding carboxylic acids is 1. The lowest BCUT2D eigenvalue weighted by molar-refractivity contribution is -0.193. The van der Waals surface area contributed by atoms with Crippen LogP contribution in [-0.4, -0.2) is 57.9 Å². The Morgan fingerprint density at radius 3 is 2.47 bits per heavy atom. The molecule has 1 heterocycles. The normalized spacial score (nSPS) is 48.8. The number of ether oxygens (including phenoxy) is 2. The fourth-order valence-electron chi connectivity index (χ4n) is 10.00. The molecule has 6 heteroatoms. The van der Waals surface area contributed by atoms with Gasteiger partial charge in [-0.3, -0.25) is 4.79 Å². The molecule has 0 amide bonds. The van der Waals surface area contributed by atoms with Crippen molar-refractivity contribution in [2.75, 3.05) is 6.61 Å². The van der Waals surface area contributed by atoms with E-state index in [2.05, 4.69) is 46.8 Å². The second-order valence-electron chi connectivity index (χ2n) is 14.8. The molecule has 3 N–H and O–H groups in total. The van der Waals surface area contributed by atoms with E-state index in [0.717, 1.165) is 19.3 Å². The zero-order chi connectivity index (χ0) is 28.1. The number of allylic oxidation sites excluding steroid dienone is 3. The predicted molar refractivity (Wildman–Crippen MR) is 146 cm³/mol. The molecular formula is C32H50O6. The lowest BCUT2D eigenvalue weighted by Gasteiger charge is -2.66. The van der Waals surface area contributed by atoms with Gasteiger partial charge in [0, 0.05) is 23.4 Å². The maximum absolute atomic E-state index is 12.9. The third-order valence-corrected chi connectivity index (χ3v) is 12.1. The van der Waals surface area contributed by atoms with E-state index >= 15 is 0 Å². The SMILES string of the molecule is CCO[C@@H]1O[C@@H]([C@@H](O)C(C)(C)O)C[C@H]1[C@@H]1CC=C2[C@@]3(C)C(CC[C@]21C)[C@@]1(C)C=CC(=O)C(C)(C)[C@@H]1C[C@H]3O. The number of carbonyl (C=O) groups is 1. The van der Waals surface area contributed by atoms with Crippen LogP contribution in [0.4, 0.5) is 0 Å². The van der Waals surface area contributed by atoms with E-state index in [1.165, 1.54) is 5.57 Å². The van der Waals surface area contributed by atoms with E-state index in [0.29, 0.717) is 19.4 Å². The lowest BCUT2D eigenvalue weighted by atomic mass is 9.38. The highest BCUT2D eigenvalue weighted by atomic mass is 16.7. The molecule has 0 aromatic carbocycles. The number of aliphatic hydroxyl groups is 3. The number of ketones is 1. The summed E-state index contributed by atoms with van der Waals surface area (Å²) in [6, 6.07) is 0. The van der Waals surface area contributed by atoms with Gasteiger partial charge < -0.3 is 24.8 Å². The van der Waals surface area contributed by atoms with Crippen molar-refractivity contribution < 1.29 is 29.6 Å². The van der Waals surface area contributed by atoms with E-state index < -0.39 is 35.6 Å². The maximum Gasteiger partial charge on any atom is 0.161 e. The molecule has 0 radical (unpaired) electrons. The Hall–Kier alpha value is -1.05. The molecule has 5 aliphatic rings. The second kappa shape index (κ2) is 8.97. The molecule has 38 heavy (non-hydrogen) atoms. The molecule has 1 aliphatic heterocycles. The summed E-state index contributed by atoms with van der Waals surface area (Å²) in [5.74, 6) is 0.882. The van der Waals surface area contributed by atoms with Gasteiger partial charge in [-0.1, -0.05) is 52.3 Å². The van der Waals surface area contributed by atoms with E-state index in [4.69, 9.17) is 9.47 Å². The molecule has 6 nitrogen and oxygen atoms in total. The van der Waals surface area contributed by atoms with Crippen molar-refractivity contribution in [3.63, 3.8) is 0 Å². The summed E-state index contributed by atoms with van der Waals surface area (Å²) in [6.45, 7) is 16.8. The van der Waals surface area contributed by atoms with Crippen LogP contribution in [0, 0.1) is 45.3 Å². The van der Waals surface area contributed by atoms with Crippen molar-refractivity contribution >= 4 is 5.78 Å². The minimum atomic E-state index is -1.26. The van der Waals surface area contributed by atoms with Crippen LogP contribution in [0.1, 0.15) is 87.5 Å². The molecular weight excluding hydrogens is 480 g/mol. The smallest absolute Gasteiger partial charge is 0.161 e. The Bertz CT molecular complexity index is 1020. The van der Waals surface area contributed by atoms with E-state index in [1.807, 2.05) is 13.0 Å². The van der Waals surface area contributed by atoms with Gasteiger partial charge in [-0.05, 0) is 87.5 Å². The summed E-state index contributed by atoms with van der Waals surface area (Å²) in [5.41, 5.74) is -1.02. The fraction of sp³-hybridized carbons (Fsp3) is 0.844. The van der Waals surface area contributed by atoms with Gasteiger partial charge in [0.15, 0.2) is 12.1 Å². The van der Waals surface area contributed by atoms with Gasteiger partial charge in [-0.25, -0.2) is 0 Å². The van der Waals surface area contributed by atoms with Crippen LogP contribution in [0.2, 0.25) is 0 Å². The molecule has 214 valence electrons.